The number of aromatic nitrogens is 1. The van der Waals surface area contributed by atoms with Crippen LogP contribution in [0.4, 0.5) is 0 Å². The first-order valence-electron chi connectivity index (χ1n) is 8.26. The molecular weight excluding hydrogens is 322 g/mol. The van der Waals surface area contributed by atoms with E-state index in [9.17, 15) is 4.79 Å². The predicted molar refractivity (Wildman–Crippen MR) is 95.2 cm³/mol. The molecule has 1 aromatic carbocycles. The van der Waals surface area contributed by atoms with Gasteiger partial charge < -0.3 is 9.64 Å². The van der Waals surface area contributed by atoms with Gasteiger partial charge in [-0.2, -0.15) is 0 Å². The highest BCUT2D eigenvalue weighted by molar-refractivity contribution is 7.11. The van der Waals surface area contributed by atoms with Crippen molar-refractivity contribution in [1.29, 1.82) is 0 Å². The third-order valence-electron chi connectivity index (χ3n) is 4.14. The van der Waals surface area contributed by atoms with Gasteiger partial charge in [0.2, 0.25) is 0 Å². The molecule has 128 valence electrons. The molecule has 3 rings (SSSR count). The number of rotatable bonds is 5. The molecule has 5 nitrogen and oxygen atoms in total. The van der Waals surface area contributed by atoms with Gasteiger partial charge in [0.1, 0.15) is 5.75 Å². The van der Waals surface area contributed by atoms with E-state index in [4.69, 9.17) is 4.74 Å². The third-order valence-corrected chi connectivity index (χ3v) is 5.03. The Balaban J connectivity index is 1.47. The topological polar surface area (TPSA) is 45.7 Å². The van der Waals surface area contributed by atoms with Crippen LogP contribution in [0.15, 0.2) is 36.5 Å². The monoisotopic (exact) mass is 345 g/mol. The molecule has 6 heteroatoms. The average Bonchev–Trinajstić information content (AvgIpc) is 3.00. The van der Waals surface area contributed by atoms with Crippen molar-refractivity contribution in [2.75, 3.05) is 26.2 Å². The lowest BCUT2D eigenvalue weighted by Crippen LogP contribution is -2.51. The molecule has 1 fully saturated rings. The van der Waals surface area contributed by atoms with Crippen molar-refractivity contribution in [3.63, 3.8) is 0 Å². The van der Waals surface area contributed by atoms with Crippen molar-refractivity contribution < 1.29 is 9.53 Å². The van der Waals surface area contributed by atoms with Crippen LogP contribution in [-0.2, 0) is 11.3 Å². The van der Waals surface area contributed by atoms with Crippen molar-refractivity contribution in [2.45, 2.75) is 26.5 Å². The minimum absolute atomic E-state index is 0.0622. The fourth-order valence-electron chi connectivity index (χ4n) is 2.84. The summed E-state index contributed by atoms with van der Waals surface area (Å²) in [5.74, 6) is 0.796. The number of carbonyl (C=O) groups excluding carboxylic acids is 1. The Kier molecular flexibility index (Phi) is 5.48. The van der Waals surface area contributed by atoms with Gasteiger partial charge >= 0.3 is 0 Å². The highest BCUT2D eigenvalue weighted by Gasteiger charge is 2.26. The second kappa shape index (κ2) is 7.77. The second-order valence-corrected chi connectivity index (χ2v) is 7.34. The fourth-order valence-corrected chi connectivity index (χ4v) is 3.67. The van der Waals surface area contributed by atoms with Gasteiger partial charge in [0.05, 0.1) is 5.01 Å². The van der Waals surface area contributed by atoms with Crippen molar-refractivity contribution in [3.8, 4) is 5.75 Å². The normalized spacial score (nSPS) is 16.8. The molecule has 0 radical (unpaired) electrons. The van der Waals surface area contributed by atoms with Gasteiger partial charge in [0, 0.05) is 43.8 Å². The summed E-state index contributed by atoms with van der Waals surface area (Å²) in [6.07, 6.45) is 1.50. The minimum Gasteiger partial charge on any atom is -0.481 e. The van der Waals surface area contributed by atoms with Crippen LogP contribution in [-0.4, -0.2) is 53.0 Å². The first kappa shape index (κ1) is 16.9. The highest BCUT2D eigenvalue weighted by atomic mass is 32.1. The van der Waals surface area contributed by atoms with Gasteiger partial charge in [-0.25, -0.2) is 4.98 Å². The van der Waals surface area contributed by atoms with E-state index in [0.29, 0.717) is 0 Å². The summed E-state index contributed by atoms with van der Waals surface area (Å²) in [6, 6.07) is 9.50. The van der Waals surface area contributed by atoms with Crippen LogP contribution in [0.25, 0.3) is 0 Å². The maximum Gasteiger partial charge on any atom is 0.263 e. The quantitative estimate of drug-likeness (QED) is 0.835. The van der Waals surface area contributed by atoms with E-state index in [2.05, 4.69) is 9.88 Å². The minimum atomic E-state index is -0.455. The van der Waals surface area contributed by atoms with Gasteiger partial charge in [-0.05, 0) is 26.0 Å². The van der Waals surface area contributed by atoms with Crippen molar-refractivity contribution in [3.05, 3.63) is 46.4 Å². The number of nitrogens with zero attached hydrogens (tertiary/aromatic N) is 3. The molecule has 1 aliphatic heterocycles. The average molecular weight is 345 g/mol. The Morgan fingerprint density at radius 3 is 2.58 bits per heavy atom. The summed E-state index contributed by atoms with van der Waals surface area (Å²) < 4.78 is 5.74. The number of amides is 1. The van der Waals surface area contributed by atoms with E-state index in [1.54, 1.807) is 11.3 Å². The third kappa shape index (κ3) is 4.33. The van der Waals surface area contributed by atoms with Crippen LogP contribution >= 0.6 is 11.3 Å². The lowest BCUT2D eigenvalue weighted by atomic mass is 10.2. The van der Waals surface area contributed by atoms with Gasteiger partial charge in [0.15, 0.2) is 6.10 Å². The van der Waals surface area contributed by atoms with Crippen molar-refractivity contribution in [1.82, 2.24) is 14.8 Å². The number of thiazole rings is 1. The summed E-state index contributed by atoms with van der Waals surface area (Å²) in [6.45, 7) is 8.05. The Labute approximate surface area is 146 Å². The molecule has 2 aromatic rings. The molecule has 0 bridgehead atoms. The fraction of sp³-hybridized carbons (Fsp3) is 0.444. The highest BCUT2D eigenvalue weighted by Crippen LogP contribution is 2.16. The van der Waals surface area contributed by atoms with E-state index in [0.717, 1.165) is 43.5 Å². The number of ether oxygens (including phenoxy) is 1. The lowest BCUT2D eigenvalue weighted by molar-refractivity contribution is -0.139. The molecule has 1 aromatic heterocycles. The summed E-state index contributed by atoms with van der Waals surface area (Å²) in [5, 5.41) is 1.10. The summed E-state index contributed by atoms with van der Waals surface area (Å²) in [5.41, 5.74) is 0. The van der Waals surface area contributed by atoms with Gasteiger partial charge in [-0.3, -0.25) is 9.69 Å². The van der Waals surface area contributed by atoms with Crippen molar-refractivity contribution in [2.24, 2.45) is 0 Å². The molecule has 0 aliphatic carbocycles. The molecule has 0 spiro atoms. The molecule has 1 saturated heterocycles. The Hall–Kier alpha value is -1.92. The molecule has 1 aliphatic rings. The number of aryl methyl sites for hydroxylation is 1. The van der Waals surface area contributed by atoms with Gasteiger partial charge in [0.25, 0.3) is 5.91 Å². The van der Waals surface area contributed by atoms with Gasteiger partial charge in [-0.1, -0.05) is 18.2 Å². The molecule has 1 atom stereocenters. The Morgan fingerprint density at radius 2 is 1.96 bits per heavy atom. The van der Waals surface area contributed by atoms with E-state index in [1.807, 2.05) is 55.3 Å². The van der Waals surface area contributed by atoms with E-state index < -0.39 is 6.10 Å². The number of benzene rings is 1. The smallest absolute Gasteiger partial charge is 0.263 e. The molecular formula is C18H23N3O2S. The van der Waals surface area contributed by atoms with Crippen LogP contribution in [0, 0.1) is 6.92 Å². The zero-order valence-corrected chi connectivity index (χ0v) is 15.0. The molecule has 24 heavy (non-hydrogen) atoms. The number of hydrogen-bond acceptors (Lipinski definition) is 5. The molecule has 0 unspecified atom stereocenters. The first-order valence-corrected chi connectivity index (χ1v) is 9.07. The second-order valence-electron chi connectivity index (χ2n) is 6.02. The van der Waals surface area contributed by atoms with E-state index in [1.165, 1.54) is 4.88 Å². The van der Waals surface area contributed by atoms with Crippen LogP contribution in [0.2, 0.25) is 0 Å². The number of hydrogen-bond donors (Lipinski definition) is 0. The molecule has 0 N–H and O–H groups in total. The number of para-hydroxylation sites is 1. The van der Waals surface area contributed by atoms with Gasteiger partial charge in [-0.15, -0.1) is 11.3 Å². The Morgan fingerprint density at radius 1 is 1.25 bits per heavy atom. The van der Waals surface area contributed by atoms with E-state index in [-0.39, 0.29) is 5.91 Å². The molecule has 1 amide bonds. The predicted octanol–water partition coefficient (Wildman–Crippen LogP) is 2.56. The van der Waals surface area contributed by atoms with Crippen molar-refractivity contribution >= 4 is 17.2 Å². The summed E-state index contributed by atoms with van der Waals surface area (Å²) >= 11 is 1.74. The Bertz CT molecular complexity index is 666. The number of piperazine rings is 1. The number of carbonyl (C=O) groups is 1. The van der Waals surface area contributed by atoms with Crippen LogP contribution in [0.1, 0.15) is 16.8 Å². The van der Waals surface area contributed by atoms with Crippen LogP contribution < -0.4 is 4.74 Å². The molecule has 2 heterocycles. The zero-order valence-electron chi connectivity index (χ0n) is 14.1. The maximum absolute atomic E-state index is 12.5. The molecule has 0 saturated carbocycles. The maximum atomic E-state index is 12.5. The summed E-state index contributed by atoms with van der Waals surface area (Å²) in [4.78, 5) is 22.4. The zero-order chi connectivity index (χ0) is 16.9. The lowest BCUT2D eigenvalue weighted by Gasteiger charge is -2.35. The van der Waals surface area contributed by atoms with Crippen LogP contribution in [0.5, 0.6) is 5.75 Å². The van der Waals surface area contributed by atoms with E-state index >= 15 is 0 Å². The largest absolute Gasteiger partial charge is 0.481 e. The SMILES string of the molecule is Cc1ncc(CN2CCN(C(=O)[C@H](C)Oc3ccccc3)CC2)s1. The van der Waals surface area contributed by atoms with Crippen LogP contribution in [0.3, 0.4) is 0 Å². The first-order chi connectivity index (χ1) is 11.6. The summed E-state index contributed by atoms with van der Waals surface area (Å²) in [7, 11) is 0. The standard InChI is InChI=1S/C18H23N3O2S/c1-14(23-16-6-4-3-5-7-16)18(22)21-10-8-20(9-11-21)13-17-12-19-15(2)24-17/h3-7,12,14H,8-11,13H2,1-2H3/t14-/m0/s1.